The Bertz CT molecular complexity index is 354. The fourth-order valence-corrected chi connectivity index (χ4v) is 1.96. The minimum atomic E-state index is -0.195. The first-order valence-corrected chi connectivity index (χ1v) is 6.76. The molecule has 1 rings (SSSR count). The molecule has 0 spiro atoms. The van der Waals surface area contributed by atoms with E-state index < -0.39 is 0 Å². The molecule has 0 aliphatic carbocycles. The summed E-state index contributed by atoms with van der Waals surface area (Å²) < 4.78 is 13.9. The van der Waals surface area contributed by atoms with Crippen molar-refractivity contribution in [1.29, 1.82) is 0 Å². The van der Waals surface area contributed by atoms with Crippen LogP contribution in [0.2, 0.25) is 0 Å². The molecule has 1 N–H and O–H groups in total. The molecule has 0 fully saturated rings. The fourth-order valence-electron chi connectivity index (χ4n) is 1.45. The summed E-state index contributed by atoms with van der Waals surface area (Å²) in [5, 5.41) is 3.39. The molecule has 1 nitrogen and oxygen atoms in total. The van der Waals surface area contributed by atoms with E-state index in [1.54, 1.807) is 6.07 Å². The molecule has 0 aromatic heterocycles. The van der Waals surface area contributed by atoms with Crippen molar-refractivity contribution in [2.24, 2.45) is 11.3 Å². The molecule has 0 radical (unpaired) electrons. The Labute approximate surface area is 112 Å². The van der Waals surface area contributed by atoms with Gasteiger partial charge in [0, 0.05) is 17.6 Å². The van der Waals surface area contributed by atoms with Crippen molar-refractivity contribution in [3.05, 3.63) is 34.1 Å². The monoisotopic (exact) mass is 301 g/mol. The minimum Gasteiger partial charge on any atom is -0.312 e. The topological polar surface area (TPSA) is 12.0 Å². The molecule has 0 saturated heterocycles. The van der Waals surface area contributed by atoms with Gasteiger partial charge >= 0.3 is 0 Å². The van der Waals surface area contributed by atoms with Crippen LogP contribution in [0.5, 0.6) is 0 Å². The van der Waals surface area contributed by atoms with Crippen molar-refractivity contribution in [3.8, 4) is 0 Å². The lowest BCUT2D eigenvalue weighted by Gasteiger charge is -2.29. The van der Waals surface area contributed by atoms with E-state index in [1.165, 1.54) is 6.07 Å². The maximum Gasteiger partial charge on any atom is 0.124 e. The predicted octanol–water partition coefficient (Wildman–Crippen LogP) is 4.36. The Morgan fingerprint density at radius 2 is 1.94 bits per heavy atom. The number of halogens is 2. The van der Waals surface area contributed by atoms with Crippen LogP contribution in [-0.2, 0) is 6.54 Å². The summed E-state index contributed by atoms with van der Waals surface area (Å²) in [6, 6.07) is 4.99. The summed E-state index contributed by atoms with van der Waals surface area (Å²) in [7, 11) is 0. The molecule has 96 valence electrons. The summed E-state index contributed by atoms with van der Waals surface area (Å²) in [5.74, 6) is 0.425. The van der Waals surface area contributed by atoms with Gasteiger partial charge in [-0.3, -0.25) is 0 Å². The average Bonchev–Trinajstić information content (AvgIpc) is 2.15. The molecule has 0 bridgehead atoms. The van der Waals surface area contributed by atoms with E-state index in [9.17, 15) is 4.39 Å². The van der Waals surface area contributed by atoms with Crippen LogP contribution in [0, 0.1) is 17.2 Å². The zero-order valence-electron chi connectivity index (χ0n) is 11.0. The standard InChI is InChI=1S/C14H21BrFN/c1-10(2)14(3,4)9-17-8-11-5-12(15)7-13(16)6-11/h5-7,10,17H,8-9H2,1-4H3. The number of rotatable bonds is 5. The molecular weight excluding hydrogens is 281 g/mol. The van der Waals surface area contributed by atoms with E-state index in [1.807, 2.05) is 6.07 Å². The van der Waals surface area contributed by atoms with Gasteiger partial charge in [-0.2, -0.15) is 0 Å². The average molecular weight is 302 g/mol. The molecule has 0 aliphatic rings. The Hall–Kier alpha value is -0.410. The second kappa shape index (κ2) is 5.96. The third-order valence-electron chi connectivity index (χ3n) is 3.40. The highest BCUT2D eigenvalue weighted by Crippen LogP contribution is 2.24. The van der Waals surface area contributed by atoms with E-state index in [2.05, 4.69) is 48.9 Å². The van der Waals surface area contributed by atoms with Crippen molar-refractivity contribution in [1.82, 2.24) is 5.32 Å². The first-order valence-electron chi connectivity index (χ1n) is 5.97. The van der Waals surface area contributed by atoms with Crippen LogP contribution in [-0.4, -0.2) is 6.54 Å². The molecule has 17 heavy (non-hydrogen) atoms. The normalized spacial score (nSPS) is 12.2. The molecule has 0 saturated carbocycles. The quantitative estimate of drug-likeness (QED) is 0.852. The zero-order valence-corrected chi connectivity index (χ0v) is 12.6. The summed E-state index contributed by atoms with van der Waals surface area (Å²) in [6.45, 7) is 10.6. The SMILES string of the molecule is CC(C)C(C)(C)CNCc1cc(F)cc(Br)c1. The Kier molecular flexibility index (Phi) is 5.14. The summed E-state index contributed by atoms with van der Waals surface area (Å²) >= 11 is 3.30. The first-order chi connectivity index (χ1) is 7.81. The van der Waals surface area contributed by atoms with Crippen molar-refractivity contribution in [3.63, 3.8) is 0 Å². The van der Waals surface area contributed by atoms with Crippen LogP contribution in [0.1, 0.15) is 33.3 Å². The van der Waals surface area contributed by atoms with Crippen molar-refractivity contribution < 1.29 is 4.39 Å². The van der Waals surface area contributed by atoms with Gasteiger partial charge < -0.3 is 5.32 Å². The molecule has 1 aromatic carbocycles. The van der Waals surface area contributed by atoms with Gasteiger partial charge in [-0.05, 0) is 35.1 Å². The fraction of sp³-hybridized carbons (Fsp3) is 0.571. The van der Waals surface area contributed by atoms with Gasteiger partial charge in [0.05, 0.1) is 0 Å². The van der Waals surface area contributed by atoms with Crippen LogP contribution in [0.4, 0.5) is 4.39 Å². The van der Waals surface area contributed by atoms with E-state index in [0.717, 1.165) is 16.6 Å². The zero-order chi connectivity index (χ0) is 13.1. The maximum atomic E-state index is 13.2. The van der Waals surface area contributed by atoms with Gasteiger partial charge in [-0.15, -0.1) is 0 Å². The third kappa shape index (κ3) is 4.76. The van der Waals surface area contributed by atoms with Crippen LogP contribution in [0.15, 0.2) is 22.7 Å². The minimum absolute atomic E-state index is 0.195. The summed E-state index contributed by atoms with van der Waals surface area (Å²) in [4.78, 5) is 0. The Morgan fingerprint density at radius 3 is 2.47 bits per heavy atom. The Balaban J connectivity index is 2.51. The number of hydrogen-bond acceptors (Lipinski definition) is 1. The van der Waals surface area contributed by atoms with E-state index in [4.69, 9.17) is 0 Å². The van der Waals surface area contributed by atoms with Crippen LogP contribution in [0.25, 0.3) is 0 Å². The van der Waals surface area contributed by atoms with Crippen LogP contribution >= 0.6 is 15.9 Å². The highest BCUT2D eigenvalue weighted by atomic mass is 79.9. The van der Waals surface area contributed by atoms with E-state index >= 15 is 0 Å². The lowest BCUT2D eigenvalue weighted by molar-refractivity contribution is 0.238. The lowest BCUT2D eigenvalue weighted by Crippen LogP contribution is -2.33. The highest BCUT2D eigenvalue weighted by molar-refractivity contribution is 9.10. The maximum absolute atomic E-state index is 13.2. The van der Waals surface area contributed by atoms with Gasteiger partial charge in [-0.25, -0.2) is 4.39 Å². The van der Waals surface area contributed by atoms with Crippen LogP contribution < -0.4 is 5.32 Å². The highest BCUT2D eigenvalue weighted by Gasteiger charge is 2.21. The lowest BCUT2D eigenvalue weighted by atomic mass is 9.81. The first kappa shape index (κ1) is 14.7. The largest absolute Gasteiger partial charge is 0.312 e. The summed E-state index contributed by atoms with van der Waals surface area (Å²) in [5.41, 5.74) is 1.22. The smallest absolute Gasteiger partial charge is 0.124 e. The molecule has 0 amide bonds. The van der Waals surface area contributed by atoms with E-state index in [-0.39, 0.29) is 11.2 Å². The molecular formula is C14H21BrFN. The van der Waals surface area contributed by atoms with Crippen molar-refractivity contribution in [2.75, 3.05) is 6.54 Å². The van der Waals surface area contributed by atoms with Crippen molar-refractivity contribution in [2.45, 2.75) is 34.2 Å². The molecule has 0 aliphatic heterocycles. The van der Waals surface area contributed by atoms with E-state index in [0.29, 0.717) is 12.5 Å². The second-order valence-electron chi connectivity index (χ2n) is 5.52. The number of nitrogens with one attached hydrogen (secondary N) is 1. The third-order valence-corrected chi connectivity index (χ3v) is 3.85. The van der Waals surface area contributed by atoms with Crippen molar-refractivity contribution >= 4 is 15.9 Å². The summed E-state index contributed by atoms with van der Waals surface area (Å²) in [6.07, 6.45) is 0. The molecule has 0 heterocycles. The van der Waals surface area contributed by atoms with Gasteiger partial charge in [-0.1, -0.05) is 43.6 Å². The van der Waals surface area contributed by atoms with Gasteiger partial charge in [0.1, 0.15) is 5.82 Å². The van der Waals surface area contributed by atoms with Crippen LogP contribution in [0.3, 0.4) is 0 Å². The van der Waals surface area contributed by atoms with Gasteiger partial charge in [0.2, 0.25) is 0 Å². The van der Waals surface area contributed by atoms with Gasteiger partial charge in [0.25, 0.3) is 0 Å². The second-order valence-corrected chi connectivity index (χ2v) is 6.44. The molecule has 0 unspecified atom stereocenters. The van der Waals surface area contributed by atoms with Gasteiger partial charge in [0.15, 0.2) is 0 Å². The number of hydrogen-bond donors (Lipinski definition) is 1. The Morgan fingerprint density at radius 1 is 1.29 bits per heavy atom. The molecule has 1 aromatic rings. The predicted molar refractivity (Wildman–Crippen MR) is 74.4 cm³/mol. The molecule has 0 atom stereocenters. The molecule has 3 heteroatoms. The number of benzene rings is 1.